The second kappa shape index (κ2) is 6.22. The molecule has 104 valence electrons. The fourth-order valence-electron chi connectivity index (χ4n) is 1.66. The molecular weight excluding hydrogens is 288 g/mol. The van der Waals surface area contributed by atoms with Crippen LogP contribution in [-0.2, 0) is 6.61 Å². The minimum Gasteiger partial charge on any atom is -0.489 e. The van der Waals surface area contributed by atoms with Gasteiger partial charge in [0.05, 0.1) is 0 Å². The molecule has 0 radical (unpaired) electrons. The number of benzene rings is 2. The molecule has 2 aromatic rings. The van der Waals surface area contributed by atoms with Crippen LogP contribution in [0.5, 0.6) is 5.75 Å². The highest BCUT2D eigenvalue weighted by atomic mass is 35.5. The van der Waals surface area contributed by atoms with Crippen LogP contribution in [0.4, 0.5) is 8.78 Å². The van der Waals surface area contributed by atoms with E-state index in [4.69, 9.17) is 26.4 Å². The first-order chi connectivity index (χ1) is 9.47. The highest BCUT2D eigenvalue weighted by molar-refractivity contribution is 6.59. The highest BCUT2D eigenvalue weighted by Gasteiger charge is 2.18. The van der Waals surface area contributed by atoms with E-state index < -0.39 is 18.8 Å². The summed E-state index contributed by atoms with van der Waals surface area (Å²) in [5.74, 6) is -1.000. The molecule has 0 aliphatic heterocycles. The van der Waals surface area contributed by atoms with Gasteiger partial charge in [-0.1, -0.05) is 11.6 Å². The molecule has 20 heavy (non-hydrogen) atoms. The van der Waals surface area contributed by atoms with Crippen LogP contribution in [0, 0.1) is 11.6 Å². The number of hydrogen-bond acceptors (Lipinski definition) is 3. The second-order valence-electron chi connectivity index (χ2n) is 4.08. The molecule has 0 heterocycles. The third kappa shape index (κ3) is 3.48. The van der Waals surface area contributed by atoms with Gasteiger partial charge in [-0.2, -0.15) is 0 Å². The summed E-state index contributed by atoms with van der Waals surface area (Å²) in [7, 11) is -1.87. The average molecular weight is 298 g/mol. The Morgan fingerprint density at radius 3 is 2.40 bits per heavy atom. The highest BCUT2D eigenvalue weighted by Crippen LogP contribution is 2.19. The smallest absolute Gasteiger partial charge is 0.489 e. The molecule has 0 spiro atoms. The zero-order valence-corrected chi connectivity index (χ0v) is 10.9. The molecule has 0 aliphatic carbocycles. The van der Waals surface area contributed by atoms with E-state index in [1.165, 1.54) is 24.3 Å². The average Bonchev–Trinajstić information content (AvgIpc) is 2.40. The van der Waals surface area contributed by atoms with Crippen LogP contribution in [-0.4, -0.2) is 17.2 Å². The normalized spacial score (nSPS) is 10.4. The fraction of sp³-hybridized carbons (Fsp3) is 0.0769. The molecule has 0 atom stereocenters. The maximum Gasteiger partial charge on any atom is 0.492 e. The summed E-state index contributed by atoms with van der Waals surface area (Å²) < 4.78 is 31.5. The molecule has 2 rings (SSSR count). The molecule has 0 saturated carbocycles. The Kier molecular flexibility index (Phi) is 4.59. The molecule has 0 amide bonds. The Bertz CT molecular complexity index is 623. The van der Waals surface area contributed by atoms with Gasteiger partial charge in [-0.3, -0.25) is 0 Å². The maximum atomic E-state index is 13.1. The summed E-state index contributed by atoms with van der Waals surface area (Å²) in [5.41, 5.74) is 0.284. The van der Waals surface area contributed by atoms with Gasteiger partial charge in [-0.25, -0.2) is 8.78 Å². The SMILES string of the molecule is OB(O)c1cc(F)ccc1OCc1cc(F)ccc1Cl. The molecular formula is C13H10BClF2O3. The van der Waals surface area contributed by atoms with Crippen LogP contribution in [0.3, 0.4) is 0 Å². The molecule has 2 aromatic carbocycles. The molecule has 0 unspecified atom stereocenters. The van der Waals surface area contributed by atoms with E-state index in [0.717, 1.165) is 12.1 Å². The van der Waals surface area contributed by atoms with Crippen LogP contribution in [0.2, 0.25) is 5.02 Å². The van der Waals surface area contributed by atoms with Crippen LogP contribution in [0.25, 0.3) is 0 Å². The van der Waals surface area contributed by atoms with Crippen molar-refractivity contribution in [2.24, 2.45) is 0 Å². The van der Waals surface area contributed by atoms with Crippen molar-refractivity contribution in [1.29, 1.82) is 0 Å². The molecule has 0 saturated heterocycles. The first kappa shape index (κ1) is 14.8. The maximum absolute atomic E-state index is 13.1. The van der Waals surface area contributed by atoms with Crippen molar-refractivity contribution in [3.8, 4) is 5.75 Å². The molecule has 0 fully saturated rings. The van der Waals surface area contributed by atoms with E-state index in [9.17, 15) is 8.78 Å². The molecule has 0 aromatic heterocycles. The molecule has 7 heteroatoms. The Balaban J connectivity index is 2.20. The Morgan fingerprint density at radius 1 is 1.05 bits per heavy atom. The van der Waals surface area contributed by atoms with Crippen molar-refractivity contribution >= 4 is 24.2 Å². The van der Waals surface area contributed by atoms with Crippen LogP contribution in [0.1, 0.15) is 5.56 Å². The van der Waals surface area contributed by atoms with Crippen molar-refractivity contribution in [2.45, 2.75) is 6.61 Å². The third-order valence-corrected chi connectivity index (χ3v) is 3.01. The van der Waals surface area contributed by atoms with Crippen molar-refractivity contribution < 1.29 is 23.6 Å². The lowest BCUT2D eigenvalue weighted by Gasteiger charge is -2.12. The van der Waals surface area contributed by atoms with Gasteiger partial charge in [-0.05, 0) is 36.4 Å². The second-order valence-corrected chi connectivity index (χ2v) is 4.49. The minimum atomic E-state index is -1.87. The molecule has 2 N–H and O–H groups in total. The summed E-state index contributed by atoms with van der Waals surface area (Å²) >= 11 is 5.88. The van der Waals surface area contributed by atoms with Crippen LogP contribution >= 0.6 is 11.6 Å². The van der Waals surface area contributed by atoms with E-state index in [1.807, 2.05) is 0 Å². The number of hydrogen-bond donors (Lipinski definition) is 2. The zero-order chi connectivity index (χ0) is 14.7. The van der Waals surface area contributed by atoms with Gasteiger partial charge < -0.3 is 14.8 Å². The summed E-state index contributed by atoms with van der Waals surface area (Å²) in [6, 6.07) is 7.15. The number of ether oxygens (including phenoxy) is 1. The van der Waals surface area contributed by atoms with Gasteiger partial charge in [0.1, 0.15) is 24.0 Å². The van der Waals surface area contributed by atoms with Crippen molar-refractivity contribution in [3.05, 3.63) is 58.6 Å². The van der Waals surface area contributed by atoms with Crippen molar-refractivity contribution in [1.82, 2.24) is 0 Å². The lowest BCUT2D eigenvalue weighted by Crippen LogP contribution is -2.31. The predicted molar refractivity (Wildman–Crippen MR) is 72.0 cm³/mol. The van der Waals surface area contributed by atoms with E-state index >= 15 is 0 Å². The Morgan fingerprint density at radius 2 is 1.70 bits per heavy atom. The largest absolute Gasteiger partial charge is 0.492 e. The Labute approximate surface area is 119 Å². The van der Waals surface area contributed by atoms with Crippen LogP contribution in [0.15, 0.2) is 36.4 Å². The van der Waals surface area contributed by atoms with Gasteiger partial charge in [0.15, 0.2) is 0 Å². The van der Waals surface area contributed by atoms with Crippen molar-refractivity contribution in [2.75, 3.05) is 0 Å². The first-order valence-electron chi connectivity index (χ1n) is 5.69. The zero-order valence-electron chi connectivity index (χ0n) is 10.2. The summed E-state index contributed by atoms with van der Waals surface area (Å²) in [6.45, 7) is -0.0814. The molecule has 0 bridgehead atoms. The van der Waals surface area contributed by atoms with E-state index in [0.29, 0.717) is 10.6 Å². The summed E-state index contributed by atoms with van der Waals surface area (Å²) in [5, 5.41) is 18.6. The quantitative estimate of drug-likeness (QED) is 0.847. The van der Waals surface area contributed by atoms with Gasteiger partial charge in [-0.15, -0.1) is 0 Å². The van der Waals surface area contributed by atoms with Gasteiger partial charge >= 0.3 is 7.12 Å². The lowest BCUT2D eigenvalue weighted by molar-refractivity contribution is 0.305. The minimum absolute atomic E-state index is 0.0814. The lowest BCUT2D eigenvalue weighted by atomic mass is 9.79. The van der Waals surface area contributed by atoms with Gasteiger partial charge in [0.2, 0.25) is 0 Å². The monoisotopic (exact) mass is 298 g/mol. The van der Waals surface area contributed by atoms with Gasteiger partial charge in [0, 0.05) is 16.0 Å². The first-order valence-corrected chi connectivity index (χ1v) is 6.07. The number of halogens is 3. The number of rotatable bonds is 4. The summed E-state index contributed by atoms with van der Waals surface area (Å²) in [6.07, 6.45) is 0. The van der Waals surface area contributed by atoms with Crippen LogP contribution < -0.4 is 10.2 Å². The molecule has 0 aliphatic rings. The third-order valence-electron chi connectivity index (χ3n) is 2.64. The topological polar surface area (TPSA) is 49.7 Å². The van der Waals surface area contributed by atoms with E-state index in [2.05, 4.69) is 0 Å². The van der Waals surface area contributed by atoms with Crippen molar-refractivity contribution in [3.63, 3.8) is 0 Å². The van der Waals surface area contributed by atoms with Gasteiger partial charge in [0.25, 0.3) is 0 Å². The molecule has 3 nitrogen and oxygen atoms in total. The van der Waals surface area contributed by atoms with E-state index in [1.54, 1.807) is 0 Å². The standard InChI is InChI=1S/C13H10BClF2O3/c15-12-3-1-9(16)5-8(12)7-20-13-4-2-10(17)6-11(13)14(18)19/h1-6,18-19H,7H2. The predicted octanol–water partition coefficient (Wildman–Crippen LogP) is 1.88. The summed E-state index contributed by atoms with van der Waals surface area (Å²) in [4.78, 5) is 0. The Hall–Kier alpha value is -1.63. The van der Waals surface area contributed by atoms with E-state index in [-0.39, 0.29) is 17.8 Å². The fourth-order valence-corrected chi connectivity index (χ4v) is 1.83.